The number of carboxylic acids is 1. The molecule has 26 heavy (non-hydrogen) atoms. The third kappa shape index (κ3) is 3.16. The number of carbonyl (C=O) groups is 1. The molecule has 1 unspecified atom stereocenters. The molecule has 0 bridgehead atoms. The van der Waals surface area contributed by atoms with Gasteiger partial charge in [0.25, 0.3) is 0 Å². The maximum atomic E-state index is 13.5. The summed E-state index contributed by atoms with van der Waals surface area (Å²) in [5, 5.41) is 18.2. The second-order valence-corrected chi connectivity index (χ2v) is 6.48. The fourth-order valence-electron chi connectivity index (χ4n) is 3.33. The predicted molar refractivity (Wildman–Crippen MR) is 91.3 cm³/mol. The lowest BCUT2D eigenvalue weighted by molar-refractivity contribution is -0.132. The molecule has 0 amide bonds. The monoisotopic (exact) mass is 354 g/mol. The Balaban J connectivity index is 2.02. The summed E-state index contributed by atoms with van der Waals surface area (Å²) in [6.07, 6.45) is 9.47. The average molecular weight is 354 g/mol. The highest BCUT2D eigenvalue weighted by Crippen LogP contribution is 2.49. The van der Waals surface area contributed by atoms with Crippen LogP contribution in [-0.2, 0) is 11.3 Å². The van der Waals surface area contributed by atoms with Crippen LogP contribution in [0.3, 0.4) is 0 Å². The second kappa shape index (κ2) is 6.60. The van der Waals surface area contributed by atoms with Gasteiger partial charge < -0.3 is 10.0 Å². The van der Waals surface area contributed by atoms with Crippen LogP contribution >= 0.6 is 0 Å². The van der Waals surface area contributed by atoms with E-state index in [-0.39, 0.29) is 12.1 Å². The Hall–Kier alpha value is -3.20. The van der Waals surface area contributed by atoms with Gasteiger partial charge in [0.1, 0.15) is 23.3 Å². The molecule has 132 valence electrons. The molecule has 0 radical (unpaired) electrons. The van der Waals surface area contributed by atoms with Gasteiger partial charge in [-0.05, 0) is 48.8 Å². The van der Waals surface area contributed by atoms with Crippen molar-refractivity contribution in [2.75, 3.05) is 0 Å². The normalized spacial score (nSPS) is 21.8. The lowest BCUT2D eigenvalue weighted by Gasteiger charge is -2.32. The van der Waals surface area contributed by atoms with Crippen molar-refractivity contribution in [1.82, 2.24) is 4.90 Å². The van der Waals surface area contributed by atoms with Crippen molar-refractivity contribution in [2.24, 2.45) is 5.41 Å². The SMILES string of the molecule is CC12CC=CC=C1N(Cc1cc(F)cc(F)c1)C=C2/C=C(\C#N)C(=O)O. The molecule has 0 fully saturated rings. The molecule has 0 aromatic heterocycles. The molecule has 6 heteroatoms. The molecule has 1 heterocycles. The van der Waals surface area contributed by atoms with E-state index in [0.717, 1.165) is 11.8 Å². The lowest BCUT2D eigenvalue weighted by atomic mass is 9.75. The molecule has 1 aromatic carbocycles. The first-order chi connectivity index (χ1) is 12.3. The van der Waals surface area contributed by atoms with Crippen molar-refractivity contribution in [3.05, 3.63) is 82.7 Å². The van der Waals surface area contributed by atoms with Gasteiger partial charge in [-0.25, -0.2) is 13.6 Å². The van der Waals surface area contributed by atoms with E-state index in [0.29, 0.717) is 17.6 Å². The highest BCUT2D eigenvalue weighted by molar-refractivity contribution is 5.91. The van der Waals surface area contributed by atoms with Crippen LogP contribution in [0.15, 0.2) is 65.5 Å². The minimum atomic E-state index is -1.29. The number of benzene rings is 1. The van der Waals surface area contributed by atoms with E-state index < -0.39 is 23.0 Å². The Morgan fingerprint density at radius 2 is 2.08 bits per heavy atom. The van der Waals surface area contributed by atoms with Crippen molar-refractivity contribution < 1.29 is 18.7 Å². The summed E-state index contributed by atoms with van der Waals surface area (Å²) in [6, 6.07) is 5.03. The molecule has 1 aliphatic carbocycles. The average Bonchev–Trinajstić information content (AvgIpc) is 2.83. The van der Waals surface area contributed by atoms with Crippen molar-refractivity contribution in [3.8, 4) is 6.07 Å². The van der Waals surface area contributed by atoms with E-state index in [4.69, 9.17) is 10.4 Å². The summed E-state index contributed by atoms with van der Waals surface area (Å²) >= 11 is 0. The number of hydrogen-bond donors (Lipinski definition) is 1. The Labute approximate surface area is 149 Å². The van der Waals surface area contributed by atoms with Gasteiger partial charge >= 0.3 is 5.97 Å². The molecule has 1 atom stereocenters. The number of rotatable bonds is 4. The lowest BCUT2D eigenvalue weighted by Crippen LogP contribution is -2.25. The summed E-state index contributed by atoms with van der Waals surface area (Å²) in [6.45, 7) is 2.18. The number of nitriles is 1. The number of halogens is 2. The van der Waals surface area contributed by atoms with Gasteiger partial charge in [0.05, 0.1) is 0 Å². The summed E-state index contributed by atoms with van der Waals surface area (Å²) in [4.78, 5) is 13.0. The smallest absolute Gasteiger partial charge is 0.346 e. The zero-order valence-electron chi connectivity index (χ0n) is 14.0. The Morgan fingerprint density at radius 1 is 1.38 bits per heavy atom. The second-order valence-electron chi connectivity index (χ2n) is 6.48. The van der Waals surface area contributed by atoms with Crippen LogP contribution in [0.1, 0.15) is 18.9 Å². The number of allylic oxidation sites excluding steroid dienone is 5. The van der Waals surface area contributed by atoms with E-state index in [1.165, 1.54) is 18.2 Å². The fraction of sp³-hybridized carbons (Fsp3) is 0.200. The number of hydrogen-bond acceptors (Lipinski definition) is 3. The molecule has 3 rings (SSSR count). The number of nitrogens with zero attached hydrogens (tertiary/aromatic N) is 2. The molecular weight excluding hydrogens is 338 g/mol. The molecule has 0 saturated heterocycles. The molecule has 1 aliphatic heterocycles. The molecule has 0 spiro atoms. The van der Waals surface area contributed by atoms with Crippen LogP contribution in [0, 0.1) is 28.4 Å². The van der Waals surface area contributed by atoms with Crippen LogP contribution in [0.5, 0.6) is 0 Å². The summed E-state index contributed by atoms with van der Waals surface area (Å²) in [7, 11) is 0. The van der Waals surface area contributed by atoms with Crippen molar-refractivity contribution in [1.29, 1.82) is 5.26 Å². The molecule has 1 aromatic rings. The third-order valence-electron chi connectivity index (χ3n) is 4.65. The summed E-state index contributed by atoms with van der Waals surface area (Å²) in [5.41, 5.74) is 1.16. The third-order valence-corrected chi connectivity index (χ3v) is 4.65. The summed E-state index contributed by atoms with van der Waals surface area (Å²) in [5.74, 6) is -2.60. The van der Waals surface area contributed by atoms with Gasteiger partial charge in [0.2, 0.25) is 0 Å². The standard InChI is InChI=1S/C20H16F2N2O2/c1-20-5-3-2-4-18(20)24(11-13-6-16(21)9-17(22)7-13)12-15(20)8-14(10-23)19(25)26/h2-4,6-9,12H,5,11H2,1H3,(H,25,26)/b14-8+. The van der Waals surface area contributed by atoms with Crippen LogP contribution in [0.25, 0.3) is 0 Å². The summed E-state index contributed by atoms with van der Waals surface area (Å²) < 4.78 is 27.0. The number of carboxylic acid groups (broad SMARTS) is 1. The van der Waals surface area contributed by atoms with Gasteiger partial charge in [-0.3, -0.25) is 0 Å². The fourth-order valence-corrected chi connectivity index (χ4v) is 3.33. The Morgan fingerprint density at radius 3 is 2.69 bits per heavy atom. The zero-order valence-corrected chi connectivity index (χ0v) is 14.0. The van der Waals surface area contributed by atoms with Crippen molar-refractivity contribution in [2.45, 2.75) is 19.9 Å². The predicted octanol–water partition coefficient (Wildman–Crippen LogP) is 4.05. The first-order valence-corrected chi connectivity index (χ1v) is 8.00. The van der Waals surface area contributed by atoms with Crippen LogP contribution in [0.2, 0.25) is 0 Å². The van der Waals surface area contributed by atoms with Gasteiger partial charge in [0.15, 0.2) is 0 Å². The van der Waals surface area contributed by atoms with Crippen molar-refractivity contribution >= 4 is 5.97 Å². The number of aliphatic carboxylic acids is 1. The minimum Gasteiger partial charge on any atom is -0.477 e. The van der Waals surface area contributed by atoms with E-state index in [1.807, 2.05) is 30.1 Å². The Kier molecular flexibility index (Phi) is 4.47. The van der Waals surface area contributed by atoms with Gasteiger partial charge in [-0.15, -0.1) is 0 Å². The topological polar surface area (TPSA) is 64.3 Å². The maximum absolute atomic E-state index is 13.5. The largest absolute Gasteiger partial charge is 0.477 e. The van der Waals surface area contributed by atoms with Gasteiger partial charge in [0, 0.05) is 29.9 Å². The molecule has 1 N–H and O–H groups in total. The van der Waals surface area contributed by atoms with E-state index in [1.54, 1.807) is 12.3 Å². The zero-order chi connectivity index (χ0) is 18.9. The van der Waals surface area contributed by atoms with E-state index in [9.17, 15) is 13.6 Å². The van der Waals surface area contributed by atoms with Gasteiger partial charge in [-0.1, -0.05) is 12.2 Å². The van der Waals surface area contributed by atoms with E-state index in [2.05, 4.69) is 0 Å². The quantitative estimate of drug-likeness (QED) is 0.654. The highest BCUT2D eigenvalue weighted by Gasteiger charge is 2.40. The van der Waals surface area contributed by atoms with Gasteiger partial charge in [-0.2, -0.15) is 5.26 Å². The minimum absolute atomic E-state index is 0.232. The van der Waals surface area contributed by atoms with E-state index >= 15 is 0 Å². The molecular formula is C20H16F2N2O2. The molecule has 2 aliphatic rings. The Bertz CT molecular complexity index is 917. The van der Waals surface area contributed by atoms with Crippen LogP contribution in [-0.4, -0.2) is 16.0 Å². The molecule has 4 nitrogen and oxygen atoms in total. The van der Waals surface area contributed by atoms with Crippen LogP contribution < -0.4 is 0 Å². The highest BCUT2D eigenvalue weighted by atomic mass is 19.1. The number of fused-ring (bicyclic) bond motifs is 1. The molecule has 0 saturated carbocycles. The first-order valence-electron chi connectivity index (χ1n) is 8.00. The maximum Gasteiger partial charge on any atom is 0.346 e. The van der Waals surface area contributed by atoms with Crippen LogP contribution in [0.4, 0.5) is 8.78 Å². The first kappa shape index (κ1) is 17.6. The van der Waals surface area contributed by atoms with Crippen molar-refractivity contribution in [3.63, 3.8) is 0 Å².